The first-order valence-corrected chi connectivity index (χ1v) is 12.1. The summed E-state index contributed by atoms with van der Waals surface area (Å²) in [5.74, 6) is -13.8. The Balaban J connectivity index is 1.64. The summed E-state index contributed by atoms with van der Waals surface area (Å²) in [4.78, 5) is 64.0. The molecule has 0 bridgehead atoms. The van der Waals surface area contributed by atoms with E-state index in [1.807, 2.05) is 5.32 Å². The highest BCUT2D eigenvalue weighted by atomic mass is 19.2. The van der Waals surface area contributed by atoms with Crippen molar-refractivity contribution in [2.45, 2.75) is 25.3 Å². The number of benzene rings is 2. The van der Waals surface area contributed by atoms with Crippen molar-refractivity contribution < 1.29 is 57.0 Å². The third kappa shape index (κ3) is 5.47. The Kier molecular flexibility index (Phi) is 8.09. The van der Waals surface area contributed by atoms with Gasteiger partial charge in [0.2, 0.25) is 11.7 Å². The molecule has 2 aliphatic rings. The normalized spacial score (nSPS) is 17.5. The Bertz CT molecular complexity index is 1460. The summed E-state index contributed by atoms with van der Waals surface area (Å²) in [5, 5.41) is 33.5. The van der Waals surface area contributed by atoms with Gasteiger partial charge in [-0.15, -0.1) is 0 Å². The number of halogens is 3. The van der Waals surface area contributed by atoms with E-state index < -0.39 is 77.6 Å². The van der Waals surface area contributed by atoms with Crippen LogP contribution in [0.25, 0.3) is 0 Å². The fraction of sp³-hybridized carbons (Fsp3) is 0.292. The minimum absolute atomic E-state index is 0.0501. The Hall–Kier alpha value is -4.80. The van der Waals surface area contributed by atoms with Gasteiger partial charge in [-0.25, -0.2) is 18.4 Å². The number of urea groups is 1. The van der Waals surface area contributed by atoms with Crippen LogP contribution in [0.4, 0.5) is 18.0 Å². The number of phenolic OH excluding ortho intramolecular Hbond substituents is 1. The van der Waals surface area contributed by atoms with E-state index in [0.717, 1.165) is 4.90 Å². The van der Waals surface area contributed by atoms with Crippen molar-refractivity contribution in [3.05, 3.63) is 58.4 Å². The van der Waals surface area contributed by atoms with Crippen molar-refractivity contribution in [1.29, 1.82) is 0 Å². The van der Waals surface area contributed by atoms with E-state index in [2.05, 4.69) is 5.32 Å². The van der Waals surface area contributed by atoms with E-state index in [1.165, 1.54) is 18.2 Å². The molecule has 0 radical (unpaired) electrons. The maximum Gasteiger partial charge on any atom is 0.547 e. The molecule has 2 atom stereocenters. The largest absolute Gasteiger partial charge is 0.547 e. The zero-order valence-electron chi connectivity index (χ0n) is 21.2. The fourth-order valence-electron chi connectivity index (χ4n) is 4.45. The number of likely N-dealkylation sites (N-methyl/N-ethyl adjacent to an activating group) is 1. The van der Waals surface area contributed by atoms with Gasteiger partial charge >= 0.3 is 30.9 Å². The number of aromatic carboxylic acids is 1. The molecule has 13 nitrogen and oxygen atoms in total. The number of aromatic hydroxyl groups is 1. The lowest BCUT2D eigenvalue weighted by molar-refractivity contribution is -0.153. The summed E-state index contributed by atoms with van der Waals surface area (Å²) in [6, 6.07) is 0.695. The van der Waals surface area contributed by atoms with Gasteiger partial charge in [0.25, 0.3) is 0 Å². The van der Waals surface area contributed by atoms with Gasteiger partial charge in [-0.05, 0) is 31.0 Å². The van der Waals surface area contributed by atoms with Crippen LogP contribution in [0, 0.1) is 17.5 Å². The molecule has 2 aromatic rings. The predicted octanol–water partition coefficient (Wildman–Crippen LogP) is 0.0887. The molecule has 0 aromatic heterocycles. The number of imide groups is 1. The summed E-state index contributed by atoms with van der Waals surface area (Å²) in [6.07, 6.45) is -0.212. The number of hydrogen-bond donors (Lipinski definition) is 5. The summed E-state index contributed by atoms with van der Waals surface area (Å²) < 4.78 is 48.5. The molecule has 5 amide bonds. The predicted molar refractivity (Wildman–Crippen MR) is 131 cm³/mol. The quantitative estimate of drug-likeness (QED) is 0.180. The van der Waals surface area contributed by atoms with Gasteiger partial charge in [-0.1, -0.05) is 12.1 Å². The van der Waals surface area contributed by atoms with Crippen LogP contribution in [0.3, 0.4) is 0 Å². The van der Waals surface area contributed by atoms with Crippen molar-refractivity contribution >= 4 is 36.8 Å². The molecule has 4 rings (SSSR count). The highest BCUT2D eigenvalue weighted by Crippen LogP contribution is 2.32. The molecule has 0 saturated carbocycles. The molecule has 41 heavy (non-hydrogen) atoms. The maximum absolute atomic E-state index is 14.8. The number of amides is 5. The van der Waals surface area contributed by atoms with Crippen LogP contribution in [0.15, 0.2) is 24.3 Å². The monoisotopic (exact) mass is 578 g/mol. The van der Waals surface area contributed by atoms with Crippen LogP contribution in [0.1, 0.15) is 34.5 Å². The molecule has 2 heterocycles. The number of carbonyl (C=O) groups is 5. The van der Waals surface area contributed by atoms with Crippen LogP contribution in [-0.2, 0) is 20.8 Å². The summed E-state index contributed by atoms with van der Waals surface area (Å²) in [5.41, 5.74) is -1.10. The molecular formula is C24H22BF3N4O9. The molecule has 1 unspecified atom stereocenters. The van der Waals surface area contributed by atoms with Gasteiger partial charge in [-0.3, -0.25) is 19.3 Å². The zero-order valence-corrected chi connectivity index (χ0v) is 21.2. The average Bonchev–Trinajstić information content (AvgIpc) is 2.93. The number of carbonyl (C=O) groups excluding carboxylic acids is 4. The standard InChI is InChI=1S/C24H22BF3N4O9/c1-2-31-6-7-32(22(36)21(31)35)24(39)30-17(12-9-13(26)18(33)16(28)15(12)27)20(34)29-14-8-10-4-3-5-11(23(37)38)19(10)41-25(14)40/h3-5,9,14,17,33,40H,2,6-8H2,1H3,(H,29,34)(H,30,39)(H,37,38)/t14-,17?/m0/s1. The van der Waals surface area contributed by atoms with Crippen molar-refractivity contribution in [3.8, 4) is 11.5 Å². The number of piperazine rings is 1. The van der Waals surface area contributed by atoms with E-state index in [-0.39, 0.29) is 49.0 Å². The van der Waals surface area contributed by atoms with Gasteiger partial charge in [0.05, 0.1) is 11.5 Å². The molecule has 1 saturated heterocycles. The Labute approximate surface area is 229 Å². The number of fused-ring (bicyclic) bond motifs is 1. The molecule has 0 spiro atoms. The molecule has 0 aliphatic carbocycles. The van der Waals surface area contributed by atoms with E-state index in [0.29, 0.717) is 4.90 Å². The number of carboxylic acid groups (broad SMARTS) is 1. The van der Waals surface area contributed by atoms with Gasteiger partial charge in [0, 0.05) is 25.2 Å². The third-order valence-electron chi connectivity index (χ3n) is 6.62. The summed E-state index contributed by atoms with van der Waals surface area (Å²) >= 11 is 0. The number of carboxylic acids is 1. The fourth-order valence-corrected chi connectivity index (χ4v) is 4.45. The van der Waals surface area contributed by atoms with Crippen molar-refractivity contribution in [1.82, 2.24) is 20.4 Å². The summed E-state index contributed by atoms with van der Waals surface area (Å²) in [6.45, 7) is 1.41. The molecule has 1 fully saturated rings. The Morgan fingerprint density at radius 2 is 1.85 bits per heavy atom. The first-order chi connectivity index (χ1) is 19.3. The third-order valence-corrected chi connectivity index (χ3v) is 6.62. The lowest BCUT2D eigenvalue weighted by Gasteiger charge is -2.33. The number of phenols is 1. The van der Waals surface area contributed by atoms with E-state index >= 15 is 0 Å². The van der Waals surface area contributed by atoms with Gasteiger partial charge < -0.3 is 35.4 Å². The van der Waals surface area contributed by atoms with Crippen LogP contribution >= 0.6 is 0 Å². The number of nitrogens with zero attached hydrogens (tertiary/aromatic N) is 2. The minimum Gasteiger partial charge on any atom is -0.534 e. The van der Waals surface area contributed by atoms with Gasteiger partial charge in [-0.2, -0.15) is 4.39 Å². The second-order valence-corrected chi connectivity index (χ2v) is 9.07. The Morgan fingerprint density at radius 1 is 1.15 bits per heavy atom. The molecule has 216 valence electrons. The number of hydrogen-bond acceptors (Lipinski definition) is 8. The number of rotatable bonds is 6. The van der Waals surface area contributed by atoms with Crippen molar-refractivity contribution in [2.75, 3.05) is 19.6 Å². The molecule has 17 heteroatoms. The highest BCUT2D eigenvalue weighted by molar-refractivity contribution is 6.47. The van der Waals surface area contributed by atoms with Crippen LogP contribution in [0.5, 0.6) is 11.5 Å². The first kappa shape index (κ1) is 29.2. The van der Waals surface area contributed by atoms with E-state index in [1.54, 1.807) is 6.92 Å². The number of para-hydroxylation sites is 1. The van der Waals surface area contributed by atoms with E-state index in [4.69, 9.17) is 4.65 Å². The van der Waals surface area contributed by atoms with Gasteiger partial charge in [0.1, 0.15) is 11.8 Å². The molecule has 5 N–H and O–H groups in total. The average molecular weight is 578 g/mol. The SMILES string of the molecule is CCN1CCN(C(=O)NC(C(=O)N[C@H]2Cc3cccc(C(=O)O)c3OB2O)c2cc(F)c(O)c(F)c2F)C(=O)C1=O. The maximum atomic E-state index is 14.8. The molecule has 2 aromatic carbocycles. The van der Waals surface area contributed by atoms with Gasteiger partial charge in [0.15, 0.2) is 17.4 Å². The molecular weight excluding hydrogens is 556 g/mol. The second-order valence-electron chi connectivity index (χ2n) is 9.07. The molecule has 2 aliphatic heterocycles. The first-order valence-electron chi connectivity index (χ1n) is 12.1. The van der Waals surface area contributed by atoms with Crippen LogP contribution in [0.2, 0.25) is 0 Å². The smallest absolute Gasteiger partial charge is 0.534 e. The topological polar surface area (TPSA) is 186 Å². The van der Waals surface area contributed by atoms with E-state index in [9.17, 15) is 52.4 Å². The summed E-state index contributed by atoms with van der Waals surface area (Å²) in [7, 11) is -1.84. The van der Waals surface area contributed by atoms with Crippen LogP contribution < -0.4 is 15.3 Å². The zero-order chi connectivity index (χ0) is 30.2. The number of nitrogens with one attached hydrogen (secondary N) is 2. The minimum atomic E-state index is -2.25. The lowest BCUT2D eigenvalue weighted by atomic mass is 9.72. The Morgan fingerprint density at radius 3 is 2.51 bits per heavy atom. The van der Waals surface area contributed by atoms with Crippen molar-refractivity contribution in [3.63, 3.8) is 0 Å². The van der Waals surface area contributed by atoms with Crippen LogP contribution in [-0.4, -0.2) is 87.5 Å². The highest BCUT2D eigenvalue weighted by Gasteiger charge is 2.42. The second kappa shape index (κ2) is 11.4. The van der Waals surface area contributed by atoms with Crippen molar-refractivity contribution in [2.24, 2.45) is 0 Å². The lowest BCUT2D eigenvalue weighted by Crippen LogP contribution is -2.60.